The van der Waals surface area contributed by atoms with Crippen LogP contribution < -0.4 is 0 Å². The predicted molar refractivity (Wildman–Crippen MR) is 70.4 cm³/mol. The molecule has 0 atom stereocenters. The standard InChI is InChI=1S/C13H26Si/c1-5-6-7-8-9-10-11-12-13-14(2,3)4/h10-13H,5-9H2,1-4H3/b11-10-,13-12+. The third-order valence-electron chi connectivity index (χ3n) is 2.07. The van der Waals surface area contributed by atoms with Crippen molar-refractivity contribution in [2.24, 2.45) is 0 Å². The molecule has 0 fully saturated rings. The molecule has 0 N–H and O–H groups in total. The normalized spacial score (nSPS) is 13.1. The van der Waals surface area contributed by atoms with Gasteiger partial charge in [-0.1, -0.05) is 69.8 Å². The number of hydrogen-bond acceptors (Lipinski definition) is 0. The van der Waals surface area contributed by atoms with Crippen LogP contribution in [-0.4, -0.2) is 8.07 Å². The molecule has 0 aromatic carbocycles. The molecule has 0 aromatic rings. The van der Waals surface area contributed by atoms with Crippen molar-refractivity contribution in [1.82, 2.24) is 0 Å². The zero-order valence-corrected chi connectivity index (χ0v) is 11.3. The topological polar surface area (TPSA) is 0 Å². The second-order valence-electron chi connectivity index (χ2n) is 5.00. The molecule has 0 aliphatic rings. The minimum absolute atomic E-state index is 0.970. The van der Waals surface area contributed by atoms with Crippen LogP contribution in [0, 0.1) is 0 Å². The number of hydrogen-bond donors (Lipinski definition) is 0. The molecule has 0 heterocycles. The molecular weight excluding hydrogens is 184 g/mol. The van der Waals surface area contributed by atoms with Crippen LogP contribution in [0.5, 0.6) is 0 Å². The first-order chi connectivity index (χ1) is 6.56. The summed E-state index contributed by atoms with van der Waals surface area (Å²) in [4.78, 5) is 0. The maximum Gasteiger partial charge on any atom is 0.0686 e. The van der Waals surface area contributed by atoms with Crippen LogP contribution in [0.1, 0.15) is 39.0 Å². The van der Waals surface area contributed by atoms with Crippen molar-refractivity contribution in [3.8, 4) is 0 Å². The lowest BCUT2D eigenvalue weighted by molar-refractivity contribution is 0.674. The lowest BCUT2D eigenvalue weighted by Crippen LogP contribution is -2.14. The highest BCUT2D eigenvalue weighted by atomic mass is 28.3. The lowest BCUT2D eigenvalue weighted by Gasteiger charge is -2.06. The van der Waals surface area contributed by atoms with Gasteiger partial charge in [-0.2, -0.15) is 0 Å². The molecule has 0 amide bonds. The second-order valence-corrected chi connectivity index (χ2v) is 10.1. The fourth-order valence-electron chi connectivity index (χ4n) is 1.21. The van der Waals surface area contributed by atoms with E-state index in [1.54, 1.807) is 0 Å². The van der Waals surface area contributed by atoms with Gasteiger partial charge in [-0.3, -0.25) is 0 Å². The van der Waals surface area contributed by atoms with E-state index in [4.69, 9.17) is 0 Å². The van der Waals surface area contributed by atoms with E-state index in [9.17, 15) is 0 Å². The average molecular weight is 210 g/mol. The Kier molecular flexibility index (Phi) is 7.87. The van der Waals surface area contributed by atoms with E-state index in [1.165, 1.54) is 32.1 Å². The Morgan fingerprint density at radius 1 is 0.929 bits per heavy atom. The molecule has 14 heavy (non-hydrogen) atoms. The van der Waals surface area contributed by atoms with Crippen molar-refractivity contribution in [3.63, 3.8) is 0 Å². The van der Waals surface area contributed by atoms with Crippen LogP contribution in [0.15, 0.2) is 23.9 Å². The Bertz CT molecular complexity index is 172. The Balaban J connectivity index is 3.41. The molecular formula is C13H26Si. The van der Waals surface area contributed by atoms with Gasteiger partial charge in [0, 0.05) is 0 Å². The fraction of sp³-hybridized carbons (Fsp3) is 0.692. The monoisotopic (exact) mass is 210 g/mol. The largest absolute Gasteiger partial charge is 0.0950 e. The molecule has 0 rings (SSSR count). The summed E-state index contributed by atoms with van der Waals surface area (Å²) in [6, 6.07) is 0. The SMILES string of the molecule is CCCCCC/C=C\C=C\[Si](C)(C)C. The summed E-state index contributed by atoms with van der Waals surface area (Å²) in [5, 5.41) is 0. The molecule has 0 unspecified atom stereocenters. The molecule has 0 nitrogen and oxygen atoms in total. The molecule has 0 saturated heterocycles. The highest BCUT2D eigenvalue weighted by Gasteiger charge is 2.05. The van der Waals surface area contributed by atoms with Gasteiger partial charge in [-0.05, 0) is 12.8 Å². The smallest absolute Gasteiger partial charge is 0.0686 e. The summed E-state index contributed by atoms with van der Waals surface area (Å²) in [7, 11) is -0.970. The Morgan fingerprint density at radius 3 is 2.21 bits per heavy atom. The van der Waals surface area contributed by atoms with Gasteiger partial charge in [0.1, 0.15) is 0 Å². The van der Waals surface area contributed by atoms with E-state index in [0.29, 0.717) is 0 Å². The summed E-state index contributed by atoms with van der Waals surface area (Å²) in [5.41, 5.74) is 2.38. The molecule has 0 aliphatic carbocycles. The van der Waals surface area contributed by atoms with Crippen LogP contribution in [0.25, 0.3) is 0 Å². The average Bonchev–Trinajstić information content (AvgIpc) is 2.08. The van der Waals surface area contributed by atoms with Gasteiger partial charge < -0.3 is 0 Å². The number of rotatable bonds is 7. The van der Waals surface area contributed by atoms with Crippen molar-refractivity contribution in [3.05, 3.63) is 23.9 Å². The van der Waals surface area contributed by atoms with Crippen LogP contribution in [0.3, 0.4) is 0 Å². The summed E-state index contributed by atoms with van der Waals surface area (Å²) in [6.45, 7) is 9.34. The molecule has 82 valence electrons. The first kappa shape index (κ1) is 13.7. The third kappa shape index (κ3) is 11.7. The van der Waals surface area contributed by atoms with Crippen molar-refractivity contribution in [2.45, 2.75) is 58.7 Å². The number of allylic oxidation sites excluding steroid dienone is 3. The first-order valence-corrected chi connectivity index (χ1v) is 9.48. The van der Waals surface area contributed by atoms with Gasteiger partial charge in [-0.25, -0.2) is 0 Å². The van der Waals surface area contributed by atoms with E-state index in [-0.39, 0.29) is 0 Å². The van der Waals surface area contributed by atoms with Crippen LogP contribution >= 0.6 is 0 Å². The van der Waals surface area contributed by atoms with Crippen molar-refractivity contribution >= 4 is 8.07 Å². The predicted octanol–water partition coefficient (Wildman–Crippen LogP) is 4.95. The quantitative estimate of drug-likeness (QED) is 0.317. The highest BCUT2D eigenvalue weighted by molar-refractivity contribution is 6.80. The molecule has 1 heteroatoms. The van der Waals surface area contributed by atoms with E-state index in [1.807, 2.05) is 0 Å². The summed E-state index contributed by atoms with van der Waals surface area (Å²) >= 11 is 0. The first-order valence-electron chi connectivity index (χ1n) is 5.90. The molecule has 0 saturated carbocycles. The van der Waals surface area contributed by atoms with Gasteiger partial charge in [-0.15, -0.1) is 0 Å². The van der Waals surface area contributed by atoms with Gasteiger partial charge in [0.25, 0.3) is 0 Å². The third-order valence-corrected chi connectivity index (χ3v) is 3.26. The minimum atomic E-state index is -0.970. The summed E-state index contributed by atoms with van der Waals surface area (Å²) in [6.07, 6.45) is 13.4. The Morgan fingerprint density at radius 2 is 1.64 bits per heavy atom. The van der Waals surface area contributed by atoms with Crippen LogP contribution in [0.2, 0.25) is 19.6 Å². The van der Waals surface area contributed by atoms with Crippen molar-refractivity contribution in [1.29, 1.82) is 0 Å². The minimum Gasteiger partial charge on any atom is -0.0950 e. The van der Waals surface area contributed by atoms with Gasteiger partial charge in [0.15, 0.2) is 0 Å². The number of unbranched alkanes of at least 4 members (excludes halogenated alkanes) is 4. The molecule has 0 spiro atoms. The van der Waals surface area contributed by atoms with Gasteiger partial charge in [0.2, 0.25) is 0 Å². The van der Waals surface area contributed by atoms with Crippen LogP contribution in [-0.2, 0) is 0 Å². The molecule has 0 bridgehead atoms. The molecule has 0 aromatic heterocycles. The zero-order valence-electron chi connectivity index (χ0n) is 10.3. The fourth-order valence-corrected chi connectivity index (χ4v) is 1.90. The highest BCUT2D eigenvalue weighted by Crippen LogP contribution is 2.04. The van der Waals surface area contributed by atoms with Crippen molar-refractivity contribution < 1.29 is 0 Å². The lowest BCUT2D eigenvalue weighted by atomic mass is 10.1. The van der Waals surface area contributed by atoms with Crippen molar-refractivity contribution in [2.75, 3.05) is 0 Å². The molecule has 0 aliphatic heterocycles. The van der Waals surface area contributed by atoms with E-state index < -0.39 is 8.07 Å². The van der Waals surface area contributed by atoms with E-state index in [0.717, 1.165) is 0 Å². The maximum absolute atomic E-state index is 2.38. The summed E-state index contributed by atoms with van der Waals surface area (Å²) in [5.74, 6) is 0. The molecule has 0 radical (unpaired) electrons. The Hall–Kier alpha value is -0.303. The maximum atomic E-state index is 2.38. The van der Waals surface area contributed by atoms with E-state index >= 15 is 0 Å². The van der Waals surface area contributed by atoms with Gasteiger partial charge >= 0.3 is 0 Å². The Labute approximate surface area is 91.1 Å². The summed E-state index contributed by atoms with van der Waals surface area (Å²) < 4.78 is 0. The van der Waals surface area contributed by atoms with E-state index in [2.05, 4.69) is 50.5 Å². The van der Waals surface area contributed by atoms with Gasteiger partial charge in [0.05, 0.1) is 8.07 Å². The van der Waals surface area contributed by atoms with Crippen LogP contribution in [0.4, 0.5) is 0 Å². The second kappa shape index (κ2) is 8.04. The zero-order chi connectivity index (χ0) is 10.9.